The number of piperidine rings is 1. The van der Waals surface area contributed by atoms with E-state index in [1.54, 1.807) is 11.0 Å². The first-order valence-corrected chi connectivity index (χ1v) is 9.27. The summed E-state index contributed by atoms with van der Waals surface area (Å²) in [4.78, 5) is 51.5. The van der Waals surface area contributed by atoms with Crippen molar-refractivity contribution in [3.05, 3.63) is 22.4 Å². The smallest absolute Gasteiger partial charge is 0.311 e. The molecule has 3 heterocycles. The van der Waals surface area contributed by atoms with E-state index < -0.39 is 24.4 Å². The van der Waals surface area contributed by atoms with E-state index in [9.17, 15) is 19.2 Å². The molecule has 2 aliphatic rings. The summed E-state index contributed by atoms with van der Waals surface area (Å²) in [6.45, 7) is 0.885. The minimum absolute atomic E-state index is 0.0776. The first-order valence-electron chi connectivity index (χ1n) is 8.39. The Morgan fingerprint density at radius 3 is 2.76 bits per heavy atom. The number of hydrogen-bond donors (Lipinski definition) is 0. The SMILES string of the molecule is O=C(OCC(=O)N1CCCC1=O)C1CCCN(C(=O)c2cccs2)C1. The summed E-state index contributed by atoms with van der Waals surface area (Å²) in [5, 5.41) is 1.84. The molecular formula is C17H20N2O5S. The number of hydrogen-bond acceptors (Lipinski definition) is 6. The molecule has 0 radical (unpaired) electrons. The van der Waals surface area contributed by atoms with Crippen LogP contribution in [0.5, 0.6) is 0 Å². The van der Waals surface area contributed by atoms with Crippen molar-refractivity contribution in [2.24, 2.45) is 5.92 Å². The fourth-order valence-electron chi connectivity index (χ4n) is 3.15. The highest BCUT2D eigenvalue weighted by molar-refractivity contribution is 7.12. The molecule has 0 aromatic carbocycles. The van der Waals surface area contributed by atoms with E-state index in [1.807, 2.05) is 11.4 Å². The quantitative estimate of drug-likeness (QED) is 0.752. The Hall–Kier alpha value is -2.22. The highest BCUT2D eigenvalue weighted by atomic mass is 32.1. The van der Waals surface area contributed by atoms with Crippen LogP contribution in [0.15, 0.2) is 17.5 Å². The standard InChI is InChI=1S/C17H20N2O5S/c20-14-6-2-8-19(14)15(21)11-24-17(23)12-4-1-7-18(10-12)16(22)13-5-3-9-25-13/h3,5,9,12H,1-2,4,6-8,10-11H2. The van der Waals surface area contributed by atoms with E-state index in [0.717, 1.165) is 11.3 Å². The van der Waals surface area contributed by atoms with Crippen LogP contribution in [0.3, 0.4) is 0 Å². The lowest BCUT2D eigenvalue weighted by atomic mass is 9.98. The lowest BCUT2D eigenvalue weighted by molar-refractivity contribution is -0.158. The van der Waals surface area contributed by atoms with Crippen LogP contribution in [-0.4, -0.2) is 59.7 Å². The van der Waals surface area contributed by atoms with E-state index in [2.05, 4.69) is 0 Å². The van der Waals surface area contributed by atoms with Gasteiger partial charge in [-0.15, -0.1) is 11.3 Å². The van der Waals surface area contributed by atoms with E-state index in [0.29, 0.717) is 43.8 Å². The van der Waals surface area contributed by atoms with Crippen LogP contribution in [0.2, 0.25) is 0 Å². The van der Waals surface area contributed by atoms with Gasteiger partial charge in [-0.05, 0) is 30.7 Å². The van der Waals surface area contributed by atoms with Crippen molar-refractivity contribution in [2.45, 2.75) is 25.7 Å². The summed E-state index contributed by atoms with van der Waals surface area (Å²) in [7, 11) is 0. The van der Waals surface area contributed by atoms with Gasteiger partial charge in [-0.3, -0.25) is 24.1 Å². The number of carbonyl (C=O) groups excluding carboxylic acids is 4. The average Bonchev–Trinajstić information content (AvgIpc) is 3.30. The van der Waals surface area contributed by atoms with Gasteiger partial charge in [-0.1, -0.05) is 6.07 Å². The summed E-state index contributed by atoms with van der Waals surface area (Å²) >= 11 is 1.37. The van der Waals surface area contributed by atoms with Gasteiger partial charge in [0.1, 0.15) is 0 Å². The predicted octanol–water partition coefficient (Wildman–Crippen LogP) is 1.29. The Kier molecular flexibility index (Phi) is 5.47. The maximum absolute atomic E-state index is 12.4. The fraction of sp³-hybridized carbons (Fsp3) is 0.529. The van der Waals surface area contributed by atoms with Gasteiger partial charge in [0.15, 0.2) is 6.61 Å². The molecule has 2 aliphatic heterocycles. The molecule has 1 unspecified atom stereocenters. The van der Waals surface area contributed by atoms with E-state index in [-0.39, 0.29) is 11.8 Å². The molecular weight excluding hydrogens is 344 g/mol. The first kappa shape index (κ1) is 17.6. The van der Waals surface area contributed by atoms with Crippen LogP contribution >= 0.6 is 11.3 Å². The zero-order valence-electron chi connectivity index (χ0n) is 13.8. The van der Waals surface area contributed by atoms with Gasteiger partial charge in [-0.25, -0.2) is 0 Å². The molecule has 1 aromatic heterocycles. The van der Waals surface area contributed by atoms with Gasteiger partial charge >= 0.3 is 5.97 Å². The second kappa shape index (κ2) is 7.77. The Morgan fingerprint density at radius 2 is 2.08 bits per heavy atom. The normalized spacial score (nSPS) is 20.6. The van der Waals surface area contributed by atoms with Crippen molar-refractivity contribution in [1.82, 2.24) is 9.80 Å². The molecule has 1 atom stereocenters. The van der Waals surface area contributed by atoms with Crippen molar-refractivity contribution in [3.63, 3.8) is 0 Å². The van der Waals surface area contributed by atoms with Crippen LogP contribution in [0.25, 0.3) is 0 Å². The number of esters is 1. The van der Waals surface area contributed by atoms with E-state index >= 15 is 0 Å². The minimum Gasteiger partial charge on any atom is -0.455 e. The van der Waals surface area contributed by atoms with E-state index in [1.165, 1.54) is 11.3 Å². The molecule has 25 heavy (non-hydrogen) atoms. The third-order valence-corrected chi connectivity index (χ3v) is 5.34. The van der Waals surface area contributed by atoms with Gasteiger partial charge < -0.3 is 9.64 Å². The van der Waals surface area contributed by atoms with Crippen LogP contribution in [0.4, 0.5) is 0 Å². The summed E-state index contributed by atoms with van der Waals surface area (Å²) in [6.07, 6.45) is 2.36. The second-order valence-corrected chi connectivity index (χ2v) is 7.17. The topological polar surface area (TPSA) is 84.0 Å². The molecule has 2 fully saturated rings. The van der Waals surface area contributed by atoms with Gasteiger partial charge in [-0.2, -0.15) is 0 Å². The second-order valence-electron chi connectivity index (χ2n) is 6.22. The highest BCUT2D eigenvalue weighted by Crippen LogP contribution is 2.21. The number of carbonyl (C=O) groups is 4. The maximum Gasteiger partial charge on any atom is 0.311 e. The number of amides is 3. The lowest BCUT2D eigenvalue weighted by Crippen LogP contribution is -2.43. The number of rotatable bonds is 4. The Balaban J connectivity index is 1.51. The molecule has 0 bridgehead atoms. The van der Waals surface area contributed by atoms with Crippen molar-refractivity contribution < 1.29 is 23.9 Å². The van der Waals surface area contributed by atoms with Crippen LogP contribution < -0.4 is 0 Å². The van der Waals surface area contributed by atoms with Gasteiger partial charge in [0, 0.05) is 26.1 Å². The monoisotopic (exact) mass is 364 g/mol. The zero-order chi connectivity index (χ0) is 17.8. The molecule has 7 nitrogen and oxygen atoms in total. The molecule has 0 saturated carbocycles. The number of likely N-dealkylation sites (tertiary alicyclic amines) is 2. The molecule has 3 rings (SSSR count). The largest absolute Gasteiger partial charge is 0.455 e. The molecule has 8 heteroatoms. The highest BCUT2D eigenvalue weighted by Gasteiger charge is 2.32. The van der Waals surface area contributed by atoms with Gasteiger partial charge in [0.25, 0.3) is 11.8 Å². The summed E-state index contributed by atoms with van der Waals surface area (Å²) in [5.74, 6) is -1.68. The predicted molar refractivity (Wildman–Crippen MR) is 89.9 cm³/mol. The van der Waals surface area contributed by atoms with Crippen molar-refractivity contribution in [2.75, 3.05) is 26.2 Å². The van der Waals surface area contributed by atoms with Crippen LogP contribution in [0, 0.1) is 5.92 Å². The molecule has 2 saturated heterocycles. The third kappa shape index (κ3) is 4.07. The average molecular weight is 364 g/mol. The van der Waals surface area contributed by atoms with Gasteiger partial charge in [0.2, 0.25) is 5.91 Å². The Bertz CT molecular complexity index is 673. The molecule has 134 valence electrons. The minimum atomic E-state index is -0.483. The number of thiophene rings is 1. The number of imide groups is 1. The Morgan fingerprint density at radius 1 is 1.24 bits per heavy atom. The molecule has 0 N–H and O–H groups in total. The number of nitrogens with zero attached hydrogens (tertiary/aromatic N) is 2. The number of ether oxygens (including phenoxy) is 1. The first-order chi connectivity index (χ1) is 12.1. The molecule has 3 amide bonds. The summed E-state index contributed by atoms with van der Waals surface area (Å²) < 4.78 is 5.11. The molecule has 0 spiro atoms. The van der Waals surface area contributed by atoms with Crippen molar-refractivity contribution in [1.29, 1.82) is 0 Å². The summed E-state index contributed by atoms with van der Waals surface area (Å²) in [5.41, 5.74) is 0. The maximum atomic E-state index is 12.4. The zero-order valence-corrected chi connectivity index (χ0v) is 14.6. The summed E-state index contributed by atoms with van der Waals surface area (Å²) in [6, 6.07) is 3.58. The fourth-order valence-corrected chi connectivity index (χ4v) is 3.84. The van der Waals surface area contributed by atoms with Crippen molar-refractivity contribution in [3.8, 4) is 0 Å². The van der Waals surface area contributed by atoms with Crippen LogP contribution in [-0.2, 0) is 19.1 Å². The third-order valence-electron chi connectivity index (χ3n) is 4.49. The van der Waals surface area contributed by atoms with Gasteiger partial charge in [0.05, 0.1) is 10.8 Å². The molecule has 1 aromatic rings. The van der Waals surface area contributed by atoms with Crippen molar-refractivity contribution >= 4 is 35.0 Å². The van der Waals surface area contributed by atoms with Crippen LogP contribution in [0.1, 0.15) is 35.4 Å². The Labute approximate surface area is 149 Å². The van der Waals surface area contributed by atoms with E-state index in [4.69, 9.17) is 4.74 Å². The molecule has 0 aliphatic carbocycles. The lowest BCUT2D eigenvalue weighted by Gasteiger charge is -2.31.